The Hall–Kier alpha value is -4.13. The monoisotopic (exact) mass is 484 g/mol. The van der Waals surface area contributed by atoms with Crippen molar-refractivity contribution in [3.8, 4) is 5.75 Å². The van der Waals surface area contributed by atoms with E-state index in [0.717, 1.165) is 10.9 Å². The van der Waals surface area contributed by atoms with Gasteiger partial charge in [0.15, 0.2) is 0 Å². The Morgan fingerprint density at radius 2 is 1.86 bits per heavy atom. The molecule has 7 nitrogen and oxygen atoms in total. The summed E-state index contributed by atoms with van der Waals surface area (Å²) in [6.07, 6.45) is 4.12. The maximum absolute atomic E-state index is 13.9. The lowest BCUT2D eigenvalue weighted by Crippen LogP contribution is -2.42. The van der Waals surface area contributed by atoms with Crippen LogP contribution in [0.5, 0.6) is 5.75 Å². The van der Waals surface area contributed by atoms with Gasteiger partial charge in [-0.2, -0.15) is 0 Å². The molecule has 0 aliphatic carbocycles. The average molecular weight is 485 g/mol. The standard InChI is InChI=1S/C29H32N4O3/c1-20(21-10-6-5-7-11-21)25(14-16-31-28(34)26-13-9-17-32(26)2)33(3)29(35)24-19-23(36-4)18-22-12-8-15-30-27(22)24/h5-13,15,17-20,25H,14,16H2,1-4H3,(H,31,34). The number of fused-ring (bicyclic) bond motifs is 1. The van der Waals surface area contributed by atoms with Crippen molar-refractivity contribution in [2.75, 3.05) is 20.7 Å². The fraction of sp³-hybridized carbons (Fsp3) is 0.276. The van der Waals surface area contributed by atoms with E-state index < -0.39 is 0 Å². The SMILES string of the molecule is COc1cc(C(=O)N(C)C(CCNC(=O)c2cccn2C)C(C)c2ccccc2)c2ncccc2c1. The smallest absolute Gasteiger partial charge is 0.267 e. The van der Waals surface area contributed by atoms with E-state index in [-0.39, 0.29) is 23.8 Å². The second-order valence-electron chi connectivity index (χ2n) is 8.98. The third kappa shape index (κ3) is 5.25. The highest BCUT2D eigenvalue weighted by Gasteiger charge is 2.29. The number of aromatic nitrogens is 2. The second-order valence-corrected chi connectivity index (χ2v) is 8.98. The third-order valence-corrected chi connectivity index (χ3v) is 6.77. The zero-order valence-corrected chi connectivity index (χ0v) is 21.1. The number of methoxy groups -OCH3 is 1. The van der Waals surface area contributed by atoms with E-state index in [1.165, 1.54) is 0 Å². The number of amides is 2. The van der Waals surface area contributed by atoms with Crippen molar-refractivity contribution in [1.29, 1.82) is 0 Å². The first-order valence-electron chi connectivity index (χ1n) is 12.0. The molecule has 0 saturated heterocycles. The van der Waals surface area contributed by atoms with Crippen LogP contribution in [-0.2, 0) is 7.05 Å². The fourth-order valence-electron chi connectivity index (χ4n) is 4.67. The summed E-state index contributed by atoms with van der Waals surface area (Å²) in [5, 5.41) is 3.86. The second kappa shape index (κ2) is 11.1. The summed E-state index contributed by atoms with van der Waals surface area (Å²) in [6, 6.07) is 21.0. The van der Waals surface area contributed by atoms with Crippen molar-refractivity contribution < 1.29 is 14.3 Å². The number of benzene rings is 2. The Morgan fingerprint density at radius 1 is 1.08 bits per heavy atom. The van der Waals surface area contributed by atoms with E-state index >= 15 is 0 Å². The van der Waals surface area contributed by atoms with Crippen LogP contribution in [0.25, 0.3) is 10.9 Å². The zero-order valence-electron chi connectivity index (χ0n) is 21.1. The van der Waals surface area contributed by atoms with Crippen molar-refractivity contribution in [2.24, 2.45) is 7.05 Å². The molecular weight excluding hydrogens is 452 g/mol. The predicted octanol–water partition coefficient (Wildman–Crippen LogP) is 4.65. The van der Waals surface area contributed by atoms with E-state index in [1.54, 1.807) is 34.9 Å². The summed E-state index contributed by atoms with van der Waals surface area (Å²) in [5.74, 6) is 0.372. The van der Waals surface area contributed by atoms with Crippen LogP contribution in [0.3, 0.4) is 0 Å². The van der Waals surface area contributed by atoms with Crippen LogP contribution in [0.15, 0.2) is 79.1 Å². The van der Waals surface area contributed by atoms with Gasteiger partial charge in [0.25, 0.3) is 11.8 Å². The number of nitrogens with one attached hydrogen (secondary N) is 1. The van der Waals surface area contributed by atoms with Gasteiger partial charge in [-0.25, -0.2) is 0 Å². The number of carbonyl (C=O) groups is 2. The first-order chi connectivity index (χ1) is 17.4. The third-order valence-electron chi connectivity index (χ3n) is 6.77. The van der Waals surface area contributed by atoms with Crippen LogP contribution in [0.4, 0.5) is 0 Å². The molecular formula is C29H32N4O3. The van der Waals surface area contributed by atoms with E-state index in [4.69, 9.17) is 4.74 Å². The molecule has 0 bridgehead atoms. The Kier molecular flexibility index (Phi) is 7.68. The highest BCUT2D eigenvalue weighted by atomic mass is 16.5. The maximum Gasteiger partial charge on any atom is 0.267 e. The highest BCUT2D eigenvalue weighted by Crippen LogP contribution is 2.29. The molecule has 0 spiro atoms. The van der Waals surface area contributed by atoms with Gasteiger partial charge in [-0.15, -0.1) is 0 Å². The Morgan fingerprint density at radius 3 is 2.56 bits per heavy atom. The summed E-state index contributed by atoms with van der Waals surface area (Å²) >= 11 is 0. The Balaban J connectivity index is 1.61. The van der Waals surface area contributed by atoms with E-state index in [9.17, 15) is 9.59 Å². The number of nitrogens with zero attached hydrogens (tertiary/aromatic N) is 3. The predicted molar refractivity (Wildman–Crippen MR) is 141 cm³/mol. The molecule has 7 heteroatoms. The molecule has 2 unspecified atom stereocenters. The molecule has 2 atom stereocenters. The molecule has 186 valence electrons. The molecule has 0 fully saturated rings. The maximum atomic E-state index is 13.9. The van der Waals surface area contributed by atoms with E-state index in [1.807, 2.05) is 62.8 Å². The zero-order chi connectivity index (χ0) is 25.7. The Labute approximate surface area is 211 Å². The van der Waals surface area contributed by atoms with Gasteiger partial charge in [0.1, 0.15) is 11.4 Å². The first-order valence-corrected chi connectivity index (χ1v) is 12.0. The van der Waals surface area contributed by atoms with Crippen molar-refractivity contribution in [3.63, 3.8) is 0 Å². The average Bonchev–Trinajstić information content (AvgIpc) is 3.35. The van der Waals surface area contributed by atoms with Gasteiger partial charge in [0.05, 0.1) is 18.2 Å². The topological polar surface area (TPSA) is 76.5 Å². The van der Waals surface area contributed by atoms with Crippen LogP contribution < -0.4 is 10.1 Å². The molecule has 36 heavy (non-hydrogen) atoms. The number of rotatable bonds is 9. The molecule has 1 N–H and O–H groups in total. The molecule has 4 aromatic rings. The number of ether oxygens (including phenoxy) is 1. The minimum Gasteiger partial charge on any atom is -0.497 e. The van der Waals surface area contributed by atoms with Gasteiger partial charge in [0.2, 0.25) is 0 Å². The van der Waals surface area contributed by atoms with Gasteiger partial charge in [-0.3, -0.25) is 14.6 Å². The molecule has 2 aromatic carbocycles. The van der Waals surface area contributed by atoms with Gasteiger partial charge >= 0.3 is 0 Å². The first kappa shape index (κ1) is 25.0. The van der Waals surface area contributed by atoms with Crippen LogP contribution in [0, 0.1) is 0 Å². The van der Waals surface area contributed by atoms with Crippen molar-refractivity contribution in [2.45, 2.75) is 25.3 Å². The van der Waals surface area contributed by atoms with Crippen LogP contribution in [-0.4, -0.2) is 53.0 Å². The molecule has 0 saturated carbocycles. The summed E-state index contributed by atoms with van der Waals surface area (Å²) in [4.78, 5) is 32.8. The van der Waals surface area contributed by atoms with Crippen LogP contribution in [0.2, 0.25) is 0 Å². The highest BCUT2D eigenvalue weighted by molar-refractivity contribution is 6.06. The molecule has 2 aromatic heterocycles. The number of aryl methyl sites for hydroxylation is 1. The fourth-order valence-corrected chi connectivity index (χ4v) is 4.67. The molecule has 0 radical (unpaired) electrons. The van der Waals surface area contributed by atoms with Gasteiger partial charge in [-0.1, -0.05) is 43.3 Å². The number of likely N-dealkylation sites (N-methyl/N-ethyl adjacent to an activating group) is 1. The minimum absolute atomic E-state index is 0.0388. The largest absolute Gasteiger partial charge is 0.497 e. The van der Waals surface area contributed by atoms with Gasteiger partial charge in [0, 0.05) is 50.4 Å². The van der Waals surface area contributed by atoms with Gasteiger partial charge < -0.3 is 19.5 Å². The summed E-state index contributed by atoms with van der Waals surface area (Å²) in [6.45, 7) is 2.55. The Bertz CT molecular complexity index is 1350. The normalized spacial score (nSPS) is 12.7. The minimum atomic E-state index is -0.168. The quantitative estimate of drug-likeness (QED) is 0.375. The molecule has 2 amide bonds. The van der Waals surface area contributed by atoms with E-state index in [2.05, 4.69) is 29.4 Å². The van der Waals surface area contributed by atoms with Crippen molar-refractivity contribution in [1.82, 2.24) is 19.8 Å². The van der Waals surface area contributed by atoms with Gasteiger partial charge in [-0.05, 0) is 42.3 Å². The lowest BCUT2D eigenvalue weighted by atomic mass is 9.89. The molecule has 4 rings (SSSR count). The van der Waals surface area contributed by atoms with Crippen LogP contribution >= 0.6 is 0 Å². The van der Waals surface area contributed by atoms with Crippen molar-refractivity contribution in [3.05, 3.63) is 95.9 Å². The summed E-state index contributed by atoms with van der Waals surface area (Å²) in [5.41, 5.74) is 2.86. The van der Waals surface area contributed by atoms with Crippen LogP contribution in [0.1, 0.15) is 45.7 Å². The lowest BCUT2D eigenvalue weighted by Gasteiger charge is -2.34. The number of hydrogen-bond acceptors (Lipinski definition) is 4. The molecule has 0 aliphatic heterocycles. The van der Waals surface area contributed by atoms with Crippen molar-refractivity contribution >= 4 is 22.7 Å². The van der Waals surface area contributed by atoms with E-state index in [0.29, 0.717) is 35.5 Å². The number of hydrogen-bond donors (Lipinski definition) is 1. The summed E-state index contributed by atoms with van der Waals surface area (Å²) in [7, 11) is 5.25. The number of pyridine rings is 1. The number of carbonyl (C=O) groups excluding carboxylic acids is 2. The molecule has 0 aliphatic rings. The summed E-state index contributed by atoms with van der Waals surface area (Å²) < 4.78 is 7.25. The molecule has 2 heterocycles. The lowest BCUT2D eigenvalue weighted by molar-refractivity contribution is 0.0703.